The van der Waals surface area contributed by atoms with Crippen molar-refractivity contribution in [3.05, 3.63) is 23.8 Å². The van der Waals surface area contributed by atoms with Crippen LogP contribution in [-0.4, -0.2) is 11.7 Å². The van der Waals surface area contributed by atoms with Gasteiger partial charge in [-0.25, -0.2) is 0 Å². The molecule has 2 N–H and O–H groups in total. The van der Waals surface area contributed by atoms with E-state index >= 15 is 0 Å². The van der Waals surface area contributed by atoms with E-state index in [1.165, 1.54) is 0 Å². The van der Waals surface area contributed by atoms with Crippen molar-refractivity contribution in [1.29, 1.82) is 0 Å². The second-order valence-electron chi connectivity index (χ2n) is 2.48. The van der Waals surface area contributed by atoms with Gasteiger partial charge in [0, 0.05) is 17.8 Å². The minimum atomic E-state index is 0. The maximum atomic E-state index is 9.29. The number of hydrogen-bond donors (Lipinski definition) is 2. The lowest BCUT2D eigenvalue weighted by molar-refractivity contribution is 0.470. The molecule has 0 spiro atoms. The Balaban J connectivity index is 0.000000605. The zero-order valence-electron chi connectivity index (χ0n) is 6.00. The van der Waals surface area contributed by atoms with Crippen molar-refractivity contribution >= 4 is 18.1 Å². The Bertz CT molecular complexity index is 262. The van der Waals surface area contributed by atoms with E-state index in [0.717, 1.165) is 24.2 Å². The lowest BCUT2D eigenvalue weighted by atomic mass is 10.1. The molecule has 1 heterocycles. The average Bonchev–Trinajstić information content (AvgIpc) is 2.36. The van der Waals surface area contributed by atoms with Gasteiger partial charge in [-0.2, -0.15) is 0 Å². The molecule has 11 heavy (non-hydrogen) atoms. The van der Waals surface area contributed by atoms with Gasteiger partial charge in [0.2, 0.25) is 0 Å². The molecule has 1 aromatic carbocycles. The van der Waals surface area contributed by atoms with Crippen LogP contribution in [0.5, 0.6) is 5.75 Å². The molecule has 2 nitrogen and oxygen atoms in total. The predicted octanol–water partition coefficient (Wildman–Crippen LogP) is 1.78. The molecule has 0 saturated carbocycles. The monoisotopic (exact) mass is 171 g/mol. The molecule has 0 bridgehead atoms. The molecule has 60 valence electrons. The summed E-state index contributed by atoms with van der Waals surface area (Å²) in [6.07, 6.45) is 0.946. The highest BCUT2D eigenvalue weighted by Crippen LogP contribution is 2.29. The van der Waals surface area contributed by atoms with E-state index in [9.17, 15) is 5.11 Å². The lowest BCUT2D eigenvalue weighted by Crippen LogP contribution is -1.90. The Labute approximate surface area is 71.7 Å². The third-order valence-corrected chi connectivity index (χ3v) is 1.84. The second kappa shape index (κ2) is 3.01. The highest BCUT2D eigenvalue weighted by atomic mass is 35.5. The van der Waals surface area contributed by atoms with Crippen molar-refractivity contribution in [2.45, 2.75) is 6.42 Å². The van der Waals surface area contributed by atoms with Crippen LogP contribution in [-0.2, 0) is 6.42 Å². The number of benzene rings is 1. The minimum Gasteiger partial charge on any atom is -0.508 e. The van der Waals surface area contributed by atoms with Crippen molar-refractivity contribution in [2.75, 3.05) is 11.9 Å². The quantitative estimate of drug-likeness (QED) is 0.624. The number of hydrogen-bond acceptors (Lipinski definition) is 2. The SMILES string of the molecule is Cl.Oc1cccc2c1CCN2. The van der Waals surface area contributed by atoms with E-state index in [2.05, 4.69) is 5.32 Å². The summed E-state index contributed by atoms with van der Waals surface area (Å²) in [6.45, 7) is 0.951. The highest BCUT2D eigenvalue weighted by molar-refractivity contribution is 5.85. The van der Waals surface area contributed by atoms with Gasteiger partial charge in [-0.1, -0.05) is 6.07 Å². The van der Waals surface area contributed by atoms with Gasteiger partial charge in [0.25, 0.3) is 0 Å². The van der Waals surface area contributed by atoms with Crippen LogP contribution in [0.25, 0.3) is 0 Å². The molecule has 1 aliphatic rings. The fourth-order valence-electron chi connectivity index (χ4n) is 1.33. The first-order valence-corrected chi connectivity index (χ1v) is 3.42. The van der Waals surface area contributed by atoms with Crippen molar-refractivity contribution in [1.82, 2.24) is 0 Å². The molecule has 0 unspecified atom stereocenters. The van der Waals surface area contributed by atoms with E-state index in [0.29, 0.717) is 5.75 Å². The Hall–Kier alpha value is -0.890. The maximum Gasteiger partial charge on any atom is 0.120 e. The molecule has 0 aliphatic carbocycles. The molecular weight excluding hydrogens is 162 g/mol. The van der Waals surface area contributed by atoms with Crippen LogP contribution in [0.15, 0.2) is 18.2 Å². The summed E-state index contributed by atoms with van der Waals surface area (Å²) >= 11 is 0. The number of nitrogens with one attached hydrogen (secondary N) is 1. The first-order chi connectivity index (χ1) is 4.88. The third kappa shape index (κ3) is 1.26. The maximum absolute atomic E-state index is 9.29. The summed E-state index contributed by atoms with van der Waals surface area (Å²) in [4.78, 5) is 0. The Morgan fingerprint density at radius 1 is 1.36 bits per heavy atom. The van der Waals surface area contributed by atoms with Crippen molar-refractivity contribution in [3.8, 4) is 5.75 Å². The van der Waals surface area contributed by atoms with Crippen LogP contribution in [0.2, 0.25) is 0 Å². The third-order valence-electron chi connectivity index (χ3n) is 1.84. The normalized spacial score (nSPS) is 13.1. The zero-order chi connectivity index (χ0) is 6.97. The highest BCUT2D eigenvalue weighted by Gasteiger charge is 2.11. The fourth-order valence-corrected chi connectivity index (χ4v) is 1.33. The molecule has 1 aliphatic heterocycles. The van der Waals surface area contributed by atoms with E-state index in [1.807, 2.05) is 12.1 Å². The first kappa shape index (κ1) is 8.21. The van der Waals surface area contributed by atoms with Crippen molar-refractivity contribution in [2.24, 2.45) is 0 Å². The van der Waals surface area contributed by atoms with Crippen molar-refractivity contribution in [3.63, 3.8) is 0 Å². The summed E-state index contributed by atoms with van der Waals surface area (Å²) < 4.78 is 0. The number of rotatable bonds is 0. The van der Waals surface area contributed by atoms with Crippen LogP contribution >= 0.6 is 12.4 Å². The topological polar surface area (TPSA) is 32.3 Å². The van der Waals surface area contributed by atoms with Gasteiger partial charge >= 0.3 is 0 Å². The van der Waals surface area contributed by atoms with Crippen LogP contribution < -0.4 is 5.32 Å². The van der Waals surface area contributed by atoms with Gasteiger partial charge in [-0.15, -0.1) is 12.4 Å². The molecular formula is C8H10ClNO. The summed E-state index contributed by atoms with van der Waals surface area (Å²) in [5, 5.41) is 12.5. The van der Waals surface area contributed by atoms with Crippen LogP contribution in [0.1, 0.15) is 5.56 Å². The number of phenols is 1. The molecule has 2 rings (SSSR count). The van der Waals surface area contributed by atoms with Gasteiger partial charge in [0.15, 0.2) is 0 Å². The average molecular weight is 172 g/mol. The van der Waals surface area contributed by atoms with Crippen LogP contribution in [0, 0.1) is 0 Å². The number of halogens is 1. The summed E-state index contributed by atoms with van der Waals surface area (Å²) in [6, 6.07) is 5.57. The Morgan fingerprint density at radius 3 is 2.91 bits per heavy atom. The van der Waals surface area contributed by atoms with Gasteiger partial charge in [-0.05, 0) is 18.6 Å². The molecule has 0 radical (unpaired) electrons. The van der Waals surface area contributed by atoms with Crippen LogP contribution in [0.4, 0.5) is 5.69 Å². The number of fused-ring (bicyclic) bond motifs is 1. The predicted molar refractivity (Wildman–Crippen MR) is 47.5 cm³/mol. The second-order valence-corrected chi connectivity index (χ2v) is 2.48. The summed E-state index contributed by atoms with van der Waals surface area (Å²) in [5.41, 5.74) is 2.14. The van der Waals surface area contributed by atoms with E-state index in [4.69, 9.17) is 0 Å². The minimum absolute atomic E-state index is 0. The van der Waals surface area contributed by atoms with E-state index in [1.54, 1.807) is 6.07 Å². The lowest BCUT2D eigenvalue weighted by Gasteiger charge is -1.99. The molecule has 0 saturated heterocycles. The molecule has 0 amide bonds. The first-order valence-electron chi connectivity index (χ1n) is 3.42. The van der Waals surface area contributed by atoms with Crippen LogP contribution in [0.3, 0.4) is 0 Å². The Morgan fingerprint density at radius 2 is 2.18 bits per heavy atom. The van der Waals surface area contributed by atoms with Gasteiger partial charge in [0.05, 0.1) is 0 Å². The van der Waals surface area contributed by atoms with Gasteiger partial charge < -0.3 is 10.4 Å². The summed E-state index contributed by atoms with van der Waals surface area (Å²) in [7, 11) is 0. The largest absolute Gasteiger partial charge is 0.508 e. The molecule has 0 fully saturated rings. The zero-order valence-corrected chi connectivity index (χ0v) is 6.82. The number of phenolic OH excluding ortho intramolecular Hbond substituents is 1. The smallest absolute Gasteiger partial charge is 0.120 e. The van der Waals surface area contributed by atoms with Crippen molar-refractivity contribution < 1.29 is 5.11 Å². The molecule has 1 aromatic rings. The standard InChI is InChI=1S/C8H9NO.ClH/c10-8-3-1-2-7-6(8)4-5-9-7;/h1-3,9-10H,4-5H2;1H. The van der Waals surface area contributed by atoms with E-state index < -0.39 is 0 Å². The Kier molecular flexibility index (Phi) is 2.25. The fraction of sp³-hybridized carbons (Fsp3) is 0.250. The summed E-state index contributed by atoms with van der Waals surface area (Å²) in [5.74, 6) is 0.419. The number of aromatic hydroxyl groups is 1. The molecule has 3 heteroatoms. The molecule has 0 atom stereocenters. The van der Waals surface area contributed by atoms with E-state index in [-0.39, 0.29) is 12.4 Å². The molecule has 0 aromatic heterocycles. The number of anilines is 1. The van der Waals surface area contributed by atoms with Gasteiger partial charge in [-0.3, -0.25) is 0 Å². The van der Waals surface area contributed by atoms with Gasteiger partial charge in [0.1, 0.15) is 5.75 Å².